The van der Waals surface area contributed by atoms with E-state index < -0.39 is 28.9 Å². The number of nitrogens with one attached hydrogen (secondary N) is 2. The monoisotopic (exact) mass is 712 g/mol. The fourth-order valence-electron chi connectivity index (χ4n) is 6.86. The van der Waals surface area contributed by atoms with Gasteiger partial charge in [-0.05, 0) is 87.6 Å². The molecule has 0 aromatic heterocycles. The van der Waals surface area contributed by atoms with Crippen LogP contribution in [-0.2, 0) is 29.3 Å². The van der Waals surface area contributed by atoms with Crippen LogP contribution in [0.2, 0.25) is 0 Å². The first-order valence-corrected chi connectivity index (χ1v) is 17.9. The van der Waals surface area contributed by atoms with Crippen molar-refractivity contribution >= 4 is 30.1 Å². The number of benzene rings is 3. The quantitative estimate of drug-likeness (QED) is 0.186. The molecule has 0 unspecified atom stereocenters. The Hall–Kier alpha value is -5.19. The molecule has 0 spiro atoms. The van der Waals surface area contributed by atoms with Gasteiger partial charge in [-0.3, -0.25) is 19.2 Å². The summed E-state index contributed by atoms with van der Waals surface area (Å²) in [6, 6.07) is 24.0. The van der Waals surface area contributed by atoms with Crippen LogP contribution in [0.15, 0.2) is 78.9 Å². The lowest BCUT2D eigenvalue weighted by Crippen LogP contribution is -2.53. The Morgan fingerprint density at radius 3 is 2.21 bits per heavy atom. The number of hydrogen-bond donors (Lipinski definition) is 3. The van der Waals surface area contributed by atoms with Crippen LogP contribution in [0.1, 0.15) is 99.2 Å². The lowest BCUT2D eigenvalue weighted by Gasteiger charge is -2.41. The van der Waals surface area contributed by atoms with Gasteiger partial charge in [-0.25, -0.2) is 4.79 Å². The zero-order valence-corrected chi connectivity index (χ0v) is 30.9. The van der Waals surface area contributed by atoms with E-state index in [0.717, 1.165) is 42.4 Å². The maximum absolute atomic E-state index is 14.1. The van der Waals surface area contributed by atoms with Crippen molar-refractivity contribution in [2.45, 2.75) is 95.2 Å². The molecule has 0 bridgehead atoms. The van der Waals surface area contributed by atoms with E-state index in [1.54, 1.807) is 44.9 Å². The summed E-state index contributed by atoms with van der Waals surface area (Å²) in [6.45, 7) is 8.86. The molecule has 2 aliphatic rings. The molecule has 5 rings (SSSR count). The molecule has 0 radical (unpaired) electrons. The van der Waals surface area contributed by atoms with Gasteiger partial charge in [0.05, 0.1) is 18.1 Å². The highest BCUT2D eigenvalue weighted by molar-refractivity contribution is 5.97. The first-order chi connectivity index (χ1) is 24.8. The number of nitrogens with zero attached hydrogens (tertiary/aromatic N) is 1. The number of esters is 1. The standard InChI is InChI=1S/C27H34N2O4.C14H18N2O3/c1-18-16-17-27(19-10-6-5-7-11-19,21-13-9-8-12-20(18)21)25(32)29-22(14-15-23(28)30)24(31)33-26(2,3)4;1-19-13-5-3-2-4-12(13)14(18)15-11-6-8-16(10-17)9-7-11/h5-13,18,22H,14-17H2,1-4H3,(H2,28,30)(H,29,32);2-5,10-11H,6-9H2,1H3,(H,15,18)/t18-,22-,27+;/m0./s1. The first kappa shape index (κ1) is 39.6. The van der Waals surface area contributed by atoms with Crippen LogP contribution in [0.4, 0.5) is 0 Å². The Labute approximate surface area is 306 Å². The number of likely N-dealkylation sites (tertiary alicyclic amines) is 1. The number of rotatable bonds is 11. The number of ether oxygens (including phenoxy) is 2. The van der Waals surface area contributed by atoms with E-state index in [1.165, 1.54) is 0 Å². The molecule has 3 aromatic carbocycles. The number of carbonyl (C=O) groups excluding carboxylic acids is 5. The van der Waals surface area contributed by atoms with Gasteiger partial charge in [-0.1, -0.05) is 73.7 Å². The topological polar surface area (TPSA) is 157 Å². The zero-order chi connectivity index (χ0) is 37.9. The lowest BCUT2D eigenvalue weighted by atomic mass is 9.63. The highest BCUT2D eigenvalue weighted by atomic mass is 16.6. The van der Waals surface area contributed by atoms with E-state index in [2.05, 4.69) is 23.6 Å². The maximum Gasteiger partial charge on any atom is 0.329 e. The molecule has 0 saturated carbocycles. The number of hydrogen-bond acceptors (Lipinski definition) is 7. The molecule has 4 N–H and O–H groups in total. The summed E-state index contributed by atoms with van der Waals surface area (Å²) in [5, 5.41) is 5.93. The molecule has 1 aliphatic heterocycles. The molecule has 1 aliphatic carbocycles. The van der Waals surface area contributed by atoms with Gasteiger partial charge >= 0.3 is 5.97 Å². The van der Waals surface area contributed by atoms with Crippen molar-refractivity contribution in [3.8, 4) is 5.75 Å². The van der Waals surface area contributed by atoms with Gasteiger partial charge in [0.2, 0.25) is 18.2 Å². The van der Waals surface area contributed by atoms with Crippen molar-refractivity contribution < 1.29 is 33.4 Å². The summed E-state index contributed by atoms with van der Waals surface area (Å²) in [4.78, 5) is 63.0. The van der Waals surface area contributed by atoms with Crippen LogP contribution in [0.5, 0.6) is 5.75 Å². The number of para-hydroxylation sites is 1. The predicted octanol–water partition coefficient (Wildman–Crippen LogP) is 5.01. The molecule has 52 heavy (non-hydrogen) atoms. The Bertz CT molecular complexity index is 1700. The molecule has 11 heteroatoms. The lowest BCUT2D eigenvalue weighted by molar-refractivity contribution is -0.159. The molecule has 4 amide bonds. The second-order valence-electron chi connectivity index (χ2n) is 14.5. The summed E-state index contributed by atoms with van der Waals surface area (Å²) < 4.78 is 10.7. The number of carbonyl (C=O) groups is 5. The number of fused-ring (bicyclic) bond motifs is 1. The minimum Gasteiger partial charge on any atom is -0.496 e. The number of amides is 4. The fourth-order valence-corrected chi connectivity index (χ4v) is 6.86. The van der Waals surface area contributed by atoms with E-state index in [0.29, 0.717) is 36.7 Å². The Morgan fingerprint density at radius 2 is 1.58 bits per heavy atom. The van der Waals surface area contributed by atoms with Crippen LogP contribution in [0.3, 0.4) is 0 Å². The molecule has 1 saturated heterocycles. The van der Waals surface area contributed by atoms with Gasteiger partial charge in [0.25, 0.3) is 5.91 Å². The fraction of sp³-hybridized carbons (Fsp3) is 0.439. The Kier molecular flexibility index (Phi) is 13.6. The normalized spacial score (nSPS) is 19.1. The second-order valence-corrected chi connectivity index (χ2v) is 14.5. The maximum atomic E-state index is 14.1. The molecule has 3 aromatic rings. The SMILES string of the molecule is COc1ccccc1C(=O)NC1CCN(C=O)CC1.C[C@H]1CC[C@@](C(=O)N[C@@H](CCC(N)=O)C(=O)OC(C)(C)C)(c2ccccc2)c2ccccc21. The predicted molar refractivity (Wildman–Crippen MR) is 199 cm³/mol. The van der Waals surface area contributed by atoms with Gasteiger partial charge in [0.1, 0.15) is 17.4 Å². The number of nitrogens with two attached hydrogens (primary N) is 1. The van der Waals surface area contributed by atoms with Crippen molar-refractivity contribution in [2.24, 2.45) is 5.73 Å². The Balaban J connectivity index is 0.000000269. The highest BCUT2D eigenvalue weighted by Gasteiger charge is 2.47. The molecule has 1 fully saturated rings. The van der Waals surface area contributed by atoms with E-state index in [9.17, 15) is 24.0 Å². The molecule has 11 nitrogen and oxygen atoms in total. The molecular weight excluding hydrogens is 660 g/mol. The zero-order valence-electron chi connectivity index (χ0n) is 30.9. The largest absolute Gasteiger partial charge is 0.496 e. The van der Waals surface area contributed by atoms with Crippen molar-refractivity contribution in [2.75, 3.05) is 20.2 Å². The van der Waals surface area contributed by atoms with Crippen molar-refractivity contribution in [1.29, 1.82) is 0 Å². The van der Waals surface area contributed by atoms with E-state index in [1.807, 2.05) is 60.7 Å². The summed E-state index contributed by atoms with van der Waals surface area (Å²) in [5.41, 5.74) is 7.16. The minimum absolute atomic E-state index is 0.0316. The van der Waals surface area contributed by atoms with Crippen LogP contribution >= 0.6 is 0 Å². The highest BCUT2D eigenvalue weighted by Crippen LogP contribution is 2.47. The molecular formula is C41H52N4O7. The summed E-state index contributed by atoms with van der Waals surface area (Å²) >= 11 is 0. The second kappa shape index (κ2) is 17.8. The van der Waals surface area contributed by atoms with Crippen LogP contribution in [0, 0.1) is 0 Å². The molecule has 278 valence electrons. The average molecular weight is 713 g/mol. The van der Waals surface area contributed by atoms with E-state index in [-0.39, 0.29) is 30.7 Å². The molecule has 1 heterocycles. The number of piperidine rings is 1. The average Bonchev–Trinajstić information content (AvgIpc) is 3.13. The van der Waals surface area contributed by atoms with Gasteiger partial charge < -0.3 is 30.7 Å². The summed E-state index contributed by atoms with van der Waals surface area (Å²) in [5.74, 6) is -0.603. The minimum atomic E-state index is -0.976. The first-order valence-electron chi connectivity index (χ1n) is 17.9. The molecule has 3 atom stereocenters. The Morgan fingerprint density at radius 1 is 0.942 bits per heavy atom. The van der Waals surface area contributed by atoms with Crippen LogP contribution in [0.25, 0.3) is 0 Å². The van der Waals surface area contributed by atoms with Crippen LogP contribution in [-0.4, -0.2) is 72.9 Å². The third-order valence-electron chi connectivity index (χ3n) is 9.60. The third kappa shape index (κ3) is 9.98. The summed E-state index contributed by atoms with van der Waals surface area (Å²) in [7, 11) is 1.55. The number of methoxy groups -OCH3 is 1. The van der Waals surface area contributed by atoms with Gasteiger partial charge in [0, 0.05) is 25.6 Å². The van der Waals surface area contributed by atoms with E-state index in [4.69, 9.17) is 15.2 Å². The van der Waals surface area contributed by atoms with Crippen molar-refractivity contribution in [1.82, 2.24) is 15.5 Å². The van der Waals surface area contributed by atoms with Gasteiger partial charge in [-0.15, -0.1) is 0 Å². The van der Waals surface area contributed by atoms with Crippen molar-refractivity contribution in [3.63, 3.8) is 0 Å². The summed E-state index contributed by atoms with van der Waals surface area (Å²) in [6.07, 6.45) is 3.93. The van der Waals surface area contributed by atoms with Gasteiger partial charge in [0.15, 0.2) is 0 Å². The number of primary amides is 1. The van der Waals surface area contributed by atoms with Crippen molar-refractivity contribution in [3.05, 3.63) is 101 Å². The van der Waals surface area contributed by atoms with Gasteiger partial charge in [-0.2, -0.15) is 0 Å². The van der Waals surface area contributed by atoms with E-state index >= 15 is 0 Å². The smallest absolute Gasteiger partial charge is 0.329 e. The third-order valence-corrected chi connectivity index (χ3v) is 9.60. The van der Waals surface area contributed by atoms with Crippen LogP contribution < -0.4 is 21.1 Å².